The molecule has 0 atom stereocenters. The highest BCUT2D eigenvalue weighted by molar-refractivity contribution is 6.32. The van der Waals surface area contributed by atoms with E-state index < -0.39 is 10.8 Å². The molecule has 2 aromatic carbocycles. The summed E-state index contributed by atoms with van der Waals surface area (Å²) in [5.74, 6) is -0.624. The van der Waals surface area contributed by atoms with Crippen LogP contribution in [0.1, 0.15) is 5.56 Å². The van der Waals surface area contributed by atoms with Crippen molar-refractivity contribution in [2.75, 3.05) is 5.32 Å². The Bertz CT molecular complexity index is 823. The van der Waals surface area contributed by atoms with Crippen LogP contribution in [0.15, 0.2) is 54.1 Å². The molecule has 0 heterocycles. The molecule has 23 heavy (non-hydrogen) atoms. The first kappa shape index (κ1) is 16.2. The van der Waals surface area contributed by atoms with Gasteiger partial charge in [0.2, 0.25) is 0 Å². The van der Waals surface area contributed by atoms with Crippen molar-refractivity contribution in [3.05, 3.63) is 74.8 Å². The maximum atomic E-state index is 12.1. The number of rotatable bonds is 4. The van der Waals surface area contributed by atoms with Crippen LogP contribution in [0.3, 0.4) is 0 Å². The van der Waals surface area contributed by atoms with Gasteiger partial charge in [-0.3, -0.25) is 14.9 Å². The second-order valence-electron chi connectivity index (χ2n) is 4.45. The van der Waals surface area contributed by atoms with Gasteiger partial charge in [-0.1, -0.05) is 29.8 Å². The van der Waals surface area contributed by atoms with E-state index in [0.29, 0.717) is 16.3 Å². The number of halogens is 1. The Labute approximate surface area is 136 Å². The van der Waals surface area contributed by atoms with Crippen LogP contribution in [0.4, 0.5) is 11.4 Å². The number of nitriles is 1. The third kappa shape index (κ3) is 4.15. The number of benzene rings is 2. The van der Waals surface area contributed by atoms with Crippen LogP contribution in [0.2, 0.25) is 5.02 Å². The van der Waals surface area contributed by atoms with E-state index in [4.69, 9.17) is 16.9 Å². The van der Waals surface area contributed by atoms with E-state index in [2.05, 4.69) is 5.32 Å². The van der Waals surface area contributed by atoms with E-state index in [1.165, 1.54) is 30.3 Å². The van der Waals surface area contributed by atoms with Crippen LogP contribution in [0, 0.1) is 21.4 Å². The number of nitrogens with one attached hydrogen (secondary N) is 1. The zero-order valence-electron chi connectivity index (χ0n) is 11.7. The number of nitro groups is 1. The minimum atomic E-state index is -0.624. The Morgan fingerprint density at radius 2 is 1.87 bits per heavy atom. The Hall–Kier alpha value is -3.17. The minimum absolute atomic E-state index is 0.0879. The number of nitro benzene ring substituents is 1. The third-order valence-electron chi connectivity index (χ3n) is 2.91. The number of hydrogen-bond acceptors (Lipinski definition) is 4. The fourth-order valence-electron chi connectivity index (χ4n) is 1.76. The quantitative estimate of drug-likeness (QED) is 0.400. The molecule has 2 rings (SSSR count). The van der Waals surface area contributed by atoms with E-state index >= 15 is 0 Å². The normalized spacial score (nSPS) is 10.7. The Balaban J connectivity index is 2.19. The molecule has 2 aromatic rings. The maximum Gasteiger partial charge on any atom is 0.269 e. The first-order chi connectivity index (χ1) is 11.0. The number of carbonyl (C=O) groups is 1. The summed E-state index contributed by atoms with van der Waals surface area (Å²) < 4.78 is 0. The van der Waals surface area contributed by atoms with Crippen LogP contribution in [-0.4, -0.2) is 10.8 Å². The molecule has 1 N–H and O–H groups in total. The van der Waals surface area contributed by atoms with Gasteiger partial charge in [-0.2, -0.15) is 5.26 Å². The summed E-state index contributed by atoms with van der Waals surface area (Å²) in [5.41, 5.74) is 0.678. The molecule has 7 heteroatoms. The van der Waals surface area contributed by atoms with E-state index in [1.807, 2.05) is 6.07 Å². The molecule has 0 aliphatic heterocycles. The summed E-state index contributed by atoms with van der Waals surface area (Å²) in [6.45, 7) is 0. The average Bonchev–Trinajstić information content (AvgIpc) is 2.54. The lowest BCUT2D eigenvalue weighted by atomic mass is 10.1. The molecule has 0 aromatic heterocycles. The fraction of sp³-hybridized carbons (Fsp3) is 0. The molecule has 6 nitrogen and oxygen atoms in total. The summed E-state index contributed by atoms with van der Waals surface area (Å²) in [6, 6.07) is 13.9. The van der Waals surface area contributed by atoms with Crippen molar-refractivity contribution in [2.45, 2.75) is 0 Å². The fourth-order valence-corrected chi connectivity index (χ4v) is 1.95. The first-order valence-corrected chi connectivity index (χ1v) is 6.81. The summed E-state index contributed by atoms with van der Waals surface area (Å²) in [7, 11) is 0. The molecule has 0 saturated carbocycles. The monoisotopic (exact) mass is 327 g/mol. The zero-order chi connectivity index (χ0) is 16.8. The van der Waals surface area contributed by atoms with Crippen molar-refractivity contribution in [1.82, 2.24) is 0 Å². The van der Waals surface area contributed by atoms with Crippen molar-refractivity contribution in [3.8, 4) is 6.07 Å². The zero-order valence-corrected chi connectivity index (χ0v) is 12.4. The standard InChI is InChI=1S/C16H10ClN3O3/c17-15-4-2-1-3-11(15)9-12(10-18)16(21)19-13-5-7-14(8-6-13)20(22)23/h1-9H,(H,19,21)/b12-9+. The van der Waals surface area contributed by atoms with Crippen molar-refractivity contribution >= 4 is 35.0 Å². The molecule has 0 radical (unpaired) electrons. The van der Waals surface area contributed by atoms with Crippen molar-refractivity contribution < 1.29 is 9.72 Å². The predicted molar refractivity (Wildman–Crippen MR) is 86.8 cm³/mol. The largest absolute Gasteiger partial charge is 0.321 e. The van der Waals surface area contributed by atoms with Gasteiger partial charge in [0.15, 0.2) is 0 Å². The number of non-ortho nitro benzene ring substituents is 1. The van der Waals surface area contributed by atoms with E-state index in [0.717, 1.165) is 0 Å². The number of carbonyl (C=O) groups excluding carboxylic acids is 1. The molecule has 0 aliphatic rings. The lowest BCUT2D eigenvalue weighted by Gasteiger charge is -2.04. The lowest BCUT2D eigenvalue weighted by molar-refractivity contribution is -0.384. The van der Waals surface area contributed by atoms with Gasteiger partial charge in [0.1, 0.15) is 11.6 Å². The van der Waals surface area contributed by atoms with Crippen LogP contribution in [-0.2, 0) is 4.79 Å². The highest BCUT2D eigenvalue weighted by atomic mass is 35.5. The van der Waals surface area contributed by atoms with Gasteiger partial charge < -0.3 is 5.32 Å². The number of hydrogen-bond donors (Lipinski definition) is 1. The molecular formula is C16H10ClN3O3. The van der Waals surface area contributed by atoms with Gasteiger partial charge in [-0.15, -0.1) is 0 Å². The number of nitrogens with zero attached hydrogens (tertiary/aromatic N) is 2. The number of amides is 1. The highest BCUT2D eigenvalue weighted by Crippen LogP contribution is 2.19. The smallest absolute Gasteiger partial charge is 0.269 e. The molecule has 0 saturated heterocycles. The van der Waals surface area contributed by atoms with Crippen molar-refractivity contribution in [3.63, 3.8) is 0 Å². The second-order valence-corrected chi connectivity index (χ2v) is 4.86. The van der Waals surface area contributed by atoms with Gasteiger partial charge in [0.05, 0.1) is 4.92 Å². The van der Waals surface area contributed by atoms with Crippen molar-refractivity contribution in [1.29, 1.82) is 5.26 Å². The van der Waals surface area contributed by atoms with Crippen LogP contribution < -0.4 is 5.32 Å². The minimum Gasteiger partial charge on any atom is -0.321 e. The van der Waals surface area contributed by atoms with Gasteiger partial charge in [-0.05, 0) is 29.8 Å². The van der Waals surface area contributed by atoms with Gasteiger partial charge in [0.25, 0.3) is 11.6 Å². The van der Waals surface area contributed by atoms with Crippen LogP contribution in [0.5, 0.6) is 0 Å². The average molecular weight is 328 g/mol. The lowest BCUT2D eigenvalue weighted by Crippen LogP contribution is -2.13. The molecule has 0 fully saturated rings. The molecule has 0 aliphatic carbocycles. The van der Waals surface area contributed by atoms with Gasteiger partial charge in [-0.25, -0.2) is 0 Å². The summed E-state index contributed by atoms with van der Waals surface area (Å²) in [6.07, 6.45) is 1.38. The van der Waals surface area contributed by atoms with Crippen molar-refractivity contribution in [2.24, 2.45) is 0 Å². The van der Waals surface area contributed by atoms with Gasteiger partial charge in [0, 0.05) is 22.8 Å². The molecule has 1 amide bonds. The van der Waals surface area contributed by atoms with E-state index in [1.54, 1.807) is 24.3 Å². The third-order valence-corrected chi connectivity index (χ3v) is 3.25. The maximum absolute atomic E-state index is 12.1. The molecule has 114 valence electrons. The summed E-state index contributed by atoms with van der Waals surface area (Å²) >= 11 is 5.99. The van der Waals surface area contributed by atoms with E-state index in [-0.39, 0.29) is 11.3 Å². The van der Waals surface area contributed by atoms with Crippen LogP contribution >= 0.6 is 11.6 Å². The number of anilines is 1. The molecular weight excluding hydrogens is 318 g/mol. The molecule has 0 bridgehead atoms. The Morgan fingerprint density at radius 1 is 1.22 bits per heavy atom. The predicted octanol–water partition coefficient (Wildman–Crippen LogP) is 3.79. The SMILES string of the molecule is N#C/C(=C\c1ccccc1Cl)C(=O)Nc1ccc([N+](=O)[O-])cc1. The Kier molecular flexibility index (Phi) is 5.07. The summed E-state index contributed by atoms with van der Waals surface area (Å²) in [4.78, 5) is 22.1. The van der Waals surface area contributed by atoms with Crippen LogP contribution in [0.25, 0.3) is 6.08 Å². The Morgan fingerprint density at radius 3 is 2.43 bits per heavy atom. The summed E-state index contributed by atoms with van der Waals surface area (Å²) in [5, 5.41) is 22.6. The highest BCUT2D eigenvalue weighted by Gasteiger charge is 2.11. The molecule has 0 spiro atoms. The van der Waals surface area contributed by atoms with Gasteiger partial charge >= 0.3 is 0 Å². The first-order valence-electron chi connectivity index (χ1n) is 6.43. The van der Waals surface area contributed by atoms with E-state index in [9.17, 15) is 14.9 Å². The topological polar surface area (TPSA) is 96.0 Å². The second kappa shape index (κ2) is 7.20. The molecule has 0 unspecified atom stereocenters.